The number of aliphatic hydroxyl groups is 2. The van der Waals surface area contributed by atoms with E-state index in [1.165, 1.54) is 16.8 Å². The normalized spacial score (nSPS) is 19.4. The Hall–Kier alpha value is -2.03. The molecule has 2 atom stereocenters. The van der Waals surface area contributed by atoms with Gasteiger partial charge in [0.15, 0.2) is 0 Å². The number of nitrogens with one attached hydrogen (secondary N) is 1. The molecule has 0 saturated carbocycles. The Balaban J connectivity index is 0.000000277. The van der Waals surface area contributed by atoms with Gasteiger partial charge in [-0.2, -0.15) is 5.26 Å². The molecule has 0 radical (unpaired) electrons. The SMILES string of the molecule is N#CCCOCOCO.O=c1ccn(C2CCC(CO)O2)c(=O)[nH]1. The molecule has 0 aliphatic carbocycles. The molecule has 2 unspecified atom stereocenters. The van der Waals surface area contributed by atoms with Crippen molar-refractivity contribution in [3.8, 4) is 6.07 Å². The van der Waals surface area contributed by atoms with Gasteiger partial charge in [-0.25, -0.2) is 4.79 Å². The minimum atomic E-state index is -0.480. The van der Waals surface area contributed by atoms with Crippen LogP contribution >= 0.6 is 0 Å². The van der Waals surface area contributed by atoms with Crippen molar-refractivity contribution in [1.29, 1.82) is 5.26 Å². The van der Waals surface area contributed by atoms with Crippen LogP contribution in [0.15, 0.2) is 21.9 Å². The van der Waals surface area contributed by atoms with E-state index in [4.69, 9.17) is 24.9 Å². The van der Waals surface area contributed by atoms with Crippen LogP contribution in [-0.4, -0.2) is 52.7 Å². The number of H-pyrrole nitrogens is 1. The van der Waals surface area contributed by atoms with Crippen LogP contribution in [0, 0.1) is 11.3 Å². The summed E-state index contributed by atoms with van der Waals surface area (Å²) >= 11 is 0. The van der Waals surface area contributed by atoms with Crippen molar-refractivity contribution in [3.05, 3.63) is 33.1 Å². The van der Waals surface area contributed by atoms with Gasteiger partial charge in [-0.15, -0.1) is 0 Å². The molecule has 1 aromatic rings. The van der Waals surface area contributed by atoms with Crippen molar-refractivity contribution in [3.63, 3.8) is 0 Å². The summed E-state index contributed by atoms with van der Waals surface area (Å²) in [6, 6.07) is 3.18. The van der Waals surface area contributed by atoms with Crippen LogP contribution in [-0.2, 0) is 14.2 Å². The van der Waals surface area contributed by atoms with E-state index < -0.39 is 11.2 Å². The molecule has 2 heterocycles. The lowest BCUT2D eigenvalue weighted by Gasteiger charge is -2.13. The fraction of sp³-hybridized carbons (Fsp3) is 0.643. The lowest BCUT2D eigenvalue weighted by atomic mass is 10.2. The number of aromatic nitrogens is 2. The average Bonchev–Trinajstić information content (AvgIpc) is 3.04. The van der Waals surface area contributed by atoms with E-state index in [1.807, 2.05) is 6.07 Å². The first kappa shape index (κ1) is 20.0. The molecular formula is C14H21N3O7. The molecule has 134 valence electrons. The van der Waals surface area contributed by atoms with Gasteiger partial charge in [-0.3, -0.25) is 14.3 Å². The fourth-order valence-electron chi connectivity index (χ4n) is 1.95. The summed E-state index contributed by atoms with van der Waals surface area (Å²) in [5, 5.41) is 24.9. The number of aromatic amines is 1. The summed E-state index contributed by atoms with van der Waals surface area (Å²) < 4.78 is 15.9. The highest BCUT2D eigenvalue weighted by atomic mass is 16.7. The molecular weight excluding hydrogens is 322 g/mol. The maximum absolute atomic E-state index is 11.4. The Morgan fingerprint density at radius 2 is 2.17 bits per heavy atom. The van der Waals surface area contributed by atoms with Gasteiger partial charge >= 0.3 is 5.69 Å². The van der Waals surface area contributed by atoms with Crippen molar-refractivity contribution in [2.45, 2.75) is 31.6 Å². The Labute approximate surface area is 137 Å². The standard InChI is InChI=1S/C9H12N2O4.C5H9NO3/c12-5-6-1-2-8(15-6)11-4-3-7(13)10-9(11)14;6-2-1-3-8-5-9-4-7/h3-4,6,8,12H,1-2,5H2,(H,10,13,14);7H,1,3-5H2. The third-order valence-electron chi connectivity index (χ3n) is 3.07. The minimum Gasteiger partial charge on any atom is -0.394 e. The van der Waals surface area contributed by atoms with E-state index in [0.29, 0.717) is 25.9 Å². The number of aliphatic hydroxyl groups excluding tert-OH is 2. The zero-order chi connectivity index (χ0) is 17.8. The quantitative estimate of drug-likeness (QED) is 0.424. The molecule has 2 rings (SSSR count). The highest BCUT2D eigenvalue weighted by molar-refractivity contribution is 4.85. The summed E-state index contributed by atoms with van der Waals surface area (Å²) in [5.74, 6) is 0. The first-order valence-corrected chi connectivity index (χ1v) is 7.33. The van der Waals surface area contributed by atoms with Gasteiger partial charge in [-0.05, 0) is 12.8 Å². The van der Waals surface area contributed by atoms with E-state index in [9.17, 15) is 9.59 Å². The summed E-state index contributed by atoms with van der Waals surface area (Å²) in [7, 11) is 0. The van der Waals surface area contributed by atoms with E-state index >= 15 is 0 Å². The number of rotatable bonds is 7. The van der Waals surface area contributed by atoms with E-state index in [2.05, 4.69) is 9.72 Å². The largest absolute Gasteiger partial charge is 0.394 e. The van der Waals surface area contributed by atoms with Gasteiger partial charge in [0, 0.05) is 12.3 Å². The first-order valence-electron chi connectivity index (χ1n) is 7.33. The molecule has 1 saturated heterocycles. The fourth-order valence-corrected chi connectivity index (χ4v) is 1.95. The van der Waals surface area contributed by atoms with Crippen LogP contribution in [0.1, 0.15) is 25.5 Å². The van der Waals surface area contributed by atoms with E-state index in [-0.39, 0.29) is 32.5 Å². The second-order valence-corrected chi connectivity index (χ2v) is 4.76. The van der Waals surface area contributed by atoms with Crippen LogP contribution in [0.5, 0.6) is 0 Å². The molecule has 0 bridgehead atoms. The van der Waals surface area contributed by atoms with E-state index in [1.54, 1.807) is 0 Å². The van der Waals surface area contributed by atoms with Gasteiger partial charge < -0.3 is 24.4 Å². The third kappa shape index (κ3) is 7.03. The molecule has 24 heavy (non-hydrogen) atoms. The van der Waals surface area contributed by atoms with Crippen LogP contribution in [0.3, 0.4) is 0 Å². The molecule has 1 fully saturated rings. The van der Waals surface area contributed by atoms with Crippen molar-refractivity contribution in [2.75, 3.05) is 26.8 Å². The smallest absolute Gasteiger partial charge is 0.330 e. The van der Waals surface area contributed by atoms with Gasteiger partial charge in [0.1, 0.15) is 19.8 Å². The van der Waals surface area contributed by atoms with Crippen molar-refractivity contribution < 1.29 is 24.4 Å². The zero-order valence-electron chi connectivity index (χ0n) is 13.1. The van der Waals surface area contributed by atoms with Gasteiger partial charge in [-0.1, -0.05) is 0 Å². The number of nitrogens with zero attached hydrogens (tertiary/aromatic N) is 2. The van der Waals surface area contributed by atoms with E-state index in [0.717, 1.165) is 0 Å². The summed E-state index contributed by atoms with van der Waals surface area (Å²) in [5.41, 5.74) is -0.904. The van der Waals surface area contributed by atoms with Crippen molar-refractivity contribution in [1.82, 2.24) is 9.55 Å². The van der Waals surface area contributed by atoms with Crippen LogP contribution in [0.25, 0.3) is 0 Å². The second-order valence-electron chi connectivity index (χ2n) is 4.76. The predicted octanol–water partition coefficient (Wildman–Crippen LogP) is -0.953. The Morgan fingerprint density at radius 3 is 2.75 bits per heavy atom. The molecule has 1 aliphatic heterocycles. The molecule has 10 heteroatoms. The monoisotopic (exact) mass is 343 g/mol. The Bertz CT molecular complexity index is 622. The van der Waals surface area contributed by atoms with Gasteiger partial charge in [0.05, 0.1) is 31.8 Å². The maximum Gasteiger partial charge on any atom is 0.330 e. The summed E-state index contributed by atoms with van der Waals surface area (Å²) in [4.78, 5) is 24.4. The van der Waals surface area contributed by atoms with Crippen LogP contribution in [0.4, 0.5) is 0 Å². The maximum atomic E-state index is 11.4. The minimum absolute atomic E-state index is 0.0470. The summed E-state index contributed by atoms with van der Waals surface area (Å²) in [6.07, 6.45) is 2.55. The average molecular weight is 343 g/mol. The zero-order valence-corrected chi connectivity index (χ0v) is 13.1. The molecule has 0 spiro atoms. The third-order valence-corrected chi connectivity index (χ3v) is 3.07. The molecule has 0 aromatic carbocycles. The highest BCUT2D eigenvalue weighted by Crippen LogP contribution is 2.26. The van der Waals surface area contributed by atoms with Crippen LogP contribution < -0.4 is 11.2 Å². The lowest BCUT2D eigenvalue weighted by molar-refractivity contribution is -0.106. The number of hydrogen-bond donors (Lipinski definition) is 3. The van der Waals surface area contributed by atoms with Gasteiger partial charge in [0.25, 0.3) is 5.56 Å². The predicted molar refractivity (Wildman–Crippen MR) is 80.8 cm³/mol. The van der Waals surface area contributed by atoms with Crippen molar-refractivity contribution in [2.24, 2.45) is 0 Å². The first-order chi connectivity index (χ1) is 11.6. The lowest BCUT2D eigenvalue weighted by Crippen LogP contribution is -2.31. The number of ether oxygens (including phenoxy) is 3. The highest BCUT2D eigenvalue weighted by Gasteiger charge is 2.26. The molecule has 3 N–H and O–H groups in total. The Kier molecular flexibility index (Phi) is 9.59. The van der Waals surface area contributed by atoms with Gasteiger partial charge in [0.2, 0.25) is 0 Å². The molecule has 1 aromatic heterocycles. The van der Waals surface area contributed by atoms with Crippen LogP contribution in [0.2, 0.25) is 0 Å². The summed E-state index contributed by atoms with van der Waals surface area (Å²) in [6.45, 7) is 0.0236. The molecule has 0 amide bonds. The number of hydrogen-bond acceptors (Lipinski definition) is 8. The Morgan fingerprint density at radius 1 is 1.38 bits per heavy atom. The molecule has 1 aliphatic rings. The topological polar surface area (TPSA) is 147 Å². The second kappa shape index (κ2) is 11.5. The van der Waals surface area contributed by atoms with Crippen molar-refractivity contribution >= 4 is 0 Å². The molecule has 10 nitrogen and oxygen atoms in total. The number of nitriles is 1.